The van der Waals surface area contributed by atoms with E-state index in [2.05, 4.69) is 29.8 Å². The molecule has 56 valence electrons. The van der Waals surface area contributed by atoms with Crippen molar-refractivity contribution in [2.24, 2.45) is 0 Å². The topological polar surface area (TPSA) is 0 Å². The Kier molecular flexibility index (Phi) is 5.56. The van der Waals surface area contributed by atoms with Gasteiger partial charge in [-0.2, -0.15) is 0 Å². The molecule has 0 amide bonds. The predicted octanol–water partition coefficient (Wildman–Crippen LogP) is 3.74. The maximum atomic E-state index is 7.63. The molecule has 0 N–H and O–H groups in total. The van der Waals surface area contributed by atoms with E-state index >= 15 is 0 Å². The highest BCUT2D eigenvalue weighted by atomic mass is 79.9. The first-order valence-corrected chi connectivity index (χ1v) is 4.70. The molecule has 9 heavy (non-hydrogen) atoms. The first-order chi connectivity index (χ1) is 4.72. The second kappa shape index (κ2) is 6.60. The van der Waals surface area contributed by atoms with Gasteiger partial charge in [-0.15, -0.1) is 0 Å². The fraction of sp³-hybridized carbons (Fsp3) is 1.00. The average Bonchev–Trinajstić information content (AvgIpc) is 1.98. The maximum absolute atomic E-state index is 7.63. The van der Waals surface area contributed by atoms with Crippen molar-refractivity contribution in [1.29, 1.82) is 0 Å². The molecule has 0 aromatic rings. The van der Waals surface area contributed by atoms with Crippen molar-refractivity contribution in [2.45, 2.75) is 50.8 Å². The fourth-order valence-electron chi connectivity index (χ4n) is 0.669. The van der Waals surface area contributed by atoms with Crippen LogP contribution in [0.15, 0.2) is 0 Å². The molecule has 0 saturated carbocycles. The Morgan fingerprint density at radius 2 is 2.11 bits per heavy atom. The standard InChI is InChI=1S/C8H17Br/c1-3-5-6-7-8(9)4-2/h8H,3-7H2,1-2H3/t8-/m1/s1/i7D/t7-,8-. The van der Waals surface area contributed by atoms with Gasteiger partial charge in [-0.3, -0.25) is 0 Å². The number of unbranched alkanes of at least 4 members (excludes halogenated alkanes) is 1. The molecule has 0 nitrogen and oxygen atoms in total. The number of halogens is 1. The van der Waals surface area contributed by atoms with Gasteiger partial charge in [-0.25, -0.2) is 0 Å². The summed E-state index contributed by atoms with van der Waals surface area (Å²) in [5, 5.41) is 0. The molecule has 0 aromatic heterocycles. The van der Waals surface area contributed by atoms with Crippen LogP contribution in [0.4, 0.5) is 0 Å². The van der Waals surface area contributed by atoms with Gasteiger partial charge in [0.15, 0.2) is 0 Å². The van der Waals surface area contributed by atoms with Gasteiger partial charge in [0.2, 0.25) is 0 Å². The summed E-state index contributed by atoms with van der Waals surface area (Å²) in [6, 6.07) is 0. The lowest BCUT2D eigenvalue weighted by Crippen LogP contribution is -1.93. The van der Waals surface area contributed by atoms with Crippen LogP contribution in [0.3, 0.4) is 0 Å². The molecule has 0 aliphatic carbocycles. The van der Waals surface area contributed by atoms with Crippen LogP contribution >= 0.6 is 15.9 Å². The van der Waals surface area contributed by atoms with Gasteiger partial charge in [-0.05, 0) is 12.8 Å². The number of alkyl halides is 1. The summed E-state index contributed by atoms with van der Waals surface area (Å²) in [6.45, 7) is 4.29. The molecule has 0 aliphatic rings. The van der Waals surface area contributed by atoms with E-state index in [1.54, 1.807) is 0 Å². The molecule has 0 fully saturated rings. The van der Waals surface area contributed by atoms with E-state index in [9.17, 15) is 0 Å². The normalized spacial score (nSPS) is 18.8. The average molecular weight is 194 g/mol. The van der Waals surface area contributed by atoms with E-state index in [1.807, 2.05) is 0 Å². The maximum Gasteiger partial charge on any atom is 0.0278 e. The molecule has 0 heterocycles. The lowest BCUT2D eigenvalue weighted by Gasteiger charge is -2.03. The van der Waals surface area contributed by atoms with Crippen LogP contribution in [0.5, 0.6) is 0 Å². The highest BCUT2D eigenvalue weighted by Crippen LogP contribution is 2.13. The quantitative estimate of drug-likeness (QED) is 0.585. The molecular formula is C8H17Br. The van der Waals surface area contributed by atoms with Crippen LogP contribution in [0.25, 0.3) is 0 Å². The van der Waals surface area contributed by atoms with Crippen molar-refractivity contribution in [3.05, 3.63) is 0 Å². The van der Waals surface area contributed by atoms with Crippen LogP contribution < -0.4 is 0 Å². The second-order valence-electron chi connectivity index (χ2n) is 2.30. The Morgan fingerprint density at radius 1 is 1.44 bits per heavy atom. The minimum atomic E-state index is 0.102. The molecule has 0 unspecified atom stereocenters. The summed E-state index contributed by atoms with van der Waals surface area (Å²) in [7, 11) is 0. The van der Waals surface area contributed by atoms with E-state index < -0.39 is 0 Å². The highest BCUT2D eigenvalue weighted by molar-refractivity contribution is 9.09. The van der Waals surface area contributed by atoms with Crippen molar-refractivity contribution in [3.8, 4) is 0 Å². The van der Waals surface area contributed by atoms with E-state index in [0.29, 0.717) is 4.83 Å². The molecule has 0 aliphatic heterocycles. The lowest BCUT2D eigenvalue weighted by molar-refractivity contribution is 0.641. The Labute approximate surface area is 68.6 Å². The summed E-state index contributed by atoms with van der Waals surface area (Å²) in [6.07, 6.45) is 4.61. The van der Waals surface area contributed by atoms with Gasteiger partial charge in [0.25, 0.3) is 0 Å². The summed E-state index contributed by atoms with van der Waals surface area (Å²) in [5.74, 6) is 0. The minimum Gasteiger partial charge on any atom is -0.0891 e. The third kappa shape index (κ3) is 6.36. The number of hydrogen-bond donors (Lipinski definition) is 0. The summed E-state index contributed by atoms with van der Waals surface area (Å²) in [4.78, 5) is 0.402. The monoisotopic (exact) mass is 193 g/mol. The molecular weight excluding hydrogens is 176 g/mol. The lowest BCUT2D eigenvalue weighted by atomic mass is 10.1. The van der Waals surface area contributed by atoms with Crippen molar-refractivity contribution in [3.63, 3.8) is 0 Å². The van der Waals surface area contributed by atoms with Crippen LogP contribution in [-0.4, -0.2) is 4.83 Å². The first kappa shape index (κ1) is 7.59. The number of hydrogen-bond acceptors (Lipinski definition) is 0. The molecule has 0 radical (unpaired) electrons. The van der Waals surface area contributed by atoms with Crippen LogP contribution in [0.1, 0.15) is 47.3 Å². The largest absolute Gasteiger partial charge is 0.0891 e. The Bertz CT molecular complexity index is 75.7. The summed E-state index contributed by atoms with van der Waals surface area (Å²) < 4.78 is 7.63. The smallest absolute Gasteiger partial charge is 0.0278 e. The van der Waals surface area contributed by atoms with Gasteiger partial charge >= 0.3 is 0 Å². The van der Waals surface area contributed by atoms with Crippen molar-refractivity contribution >= 4 is 15.9 Å². The van der Waals surface area contributed by atoms with E-state index in [0.717, 1.165) is 12.8 Å². The first-order valence-electron chi connectivity index (χ1n) is 4.36. The van der Waals surface area contributed by atoms with Gasteiger partial charge in [-0.1, -0.05) is 49.0 Å². The molecule has 0 bridgehead atoms. The second-order valence-corrected chi connectivity index (χ2v) is 3.48. The van der Waals surface area contributed by atoms with E-state index in [4.69, 9.17) is 1.37 Å². The third-order valence-corrected chi connectivity index (χ3v) is 2.39. The highest BCUT2D eigenvalue weighted by Gasteiger charge is 1.97. The molecule has 0 saturated heterocycles. The SMILES string of the molecule is [2H][C@H](CCCC)[C@H](Br)CC. The zero-order chi connectivity index (χ0) is 7.98. The molecule has 0 rings (SSSR count). The van der Waals surface area contributed by atoms with Gasteiger partial charge in [0.05, 0.1) is 0 Å². The zero-order valence-electron chi connectivity index (χ0n) is 7.36. The van der Waals surface area contributed by atoms with E-state index in [1.165, 1.54) is 12.8 Å². The fourth-order valence-corrected chi connectivity index (χ4v) is 0.934. The third-order valence-electron chi connectivity index (χ3n) is 1.37. The van der Waals surface area contributed by atoms with Crippen molar-refractivity contribution in [2.75, 3.05) is 0 Å². The van der Waals surface area contributed by atoms with Gasteiger partial charge in [0, 0.05) is 6.20 Å². The van der Waals surface area contributed by atoms with Crippen molar-refractivity contribution in [1.82, 2.24) is 0 Å². The van der Waals surface area contributed by atoms with Gasteiger partial charge < -0.3 is 0 Å². The zero-order valence-corrected chi connectivity index (χ0v) is 7.95. The minimum absolute atomic E-state index is 0.102. The van der Waals surface area contributed by atoms with Gasteiger partial charge in [0.1, 0.15) is 0 Å². The van der Waals surface area contributed by atoms with E-state index in [-0.39, 0.29) is 6.40 Å². The van der Waals surface area contributed by atoms with Crippen LogP contribution in [0, 0.1) is 0 Å². The molecule has 1 heteroatoms. The molecule has 0 spiro atoms. The van der Waals surface area contributed by atoms with Crippen LogP contribution in [-0.2, 0) is 0 Å². The summed E-state index contributed by atoms with van der Waals surface area (Å²) >= 11 is 3.48. The molecule has 2 atom stereocenters. The molecule has 0 aromatic carbocycles. The predicted molar refractivity (Wildman–Crippen MR) is 47.1 cm³/mol. The Morgan fingerprint density at radius 3 is 2.56 bits per heavy atom. The number of rotatable bonds is 5. The van der Waals surface area contributed by atoms with Crippen LogP contribution in [0.2, 0.25) is 0 Å². The Balaban J connectivity index is 3.31. The van der Waals surface area contributed by atoms with Crippen molar-refractivity contribution < 1.29 is 1.37 Å². The Hall–Kier alpha value is 0.480. The summed E-state index contributed by atoms with van der Waals surface area (Å²) in [5.41, 5.74) is 0.